The third-order valence-corrected chi connectivity index (χ3v) is 14.0. The van der Waals surface area contributed by atoms with Crippen LogP contribution in [-0.4, -0.2) is 0 Å². The van der Waals surface area contributed by atoms with Gasteiger partial charge in [-0.15, -0.1) is 0 Å². The van der Waals surface area contributed by atoms with Crippen LogP contribution in [0.5, 0.6) is 0 Å². The fraction of sp³-hybridized carbons (Fsp3) is 0.0312. The summed E-state index contributed by atoms with van der Waals surface area (Å²) in [7, 11) is 0. The van der Waals surface area contributed by atoms with Gasteiger partial charge in [-0.2, -0.15) is 0 Å². The van der Waals surface area contributed by atoms with E-state index in [9.17, 15) is 5.48 Å². The molecule has 310 valence electrons. The van der Waals surface area contributed by atoms with Crippen molar-refractivity contribution in [1.82, 2.24) is 0 Å². The Hall–Kier alpha value is -8.46. The van der Waals surface area contributed by atoms with Gasteiger partial charge >= 0.3 is 0 Å². The SMILES string of the molecule is [2H]c1c([2H])c(-c2ccc3ccoc3c2)c([2H])c(N(c2ccc3c(c2)-c2ccccc2C3(c2ccccc2)c2ccccc2)c2ccc3c(c2)C(c2ccccc2)(c2ccccc2)c2ccccc2-3)c1[2H]. The number of nitrogens with zero attached hydrogens (tertiary/aromatic N) is 1. The van der Waals surface area contributed by atoms with Gasteiger partial charge in [-0.05, 0) is 126 Å². The maximum absolute atomic E-state index is 10.2. The Kier molecular flexibility index (Phi) is 7.77. The zero-order chi connectivity index (χ0) is 47.1. The molecule has 0 radical (unpaired) electrons. The minimum Gasteiger partial charge on any atom is -0.464 e. The third-order valence-electron chi connectivity index (χ3n) is 14.0. The molecule has 2 nitrogen and oxygen atoms in total. The number of hydrogen-bond acceptors (Lipinski definition) is 2. The monoisotopic (exact) mass is 845 g/mol. The van der Waals surface area contributed by atoms with E-state index in [1.165, 1.54) is 11.1 Å². The van der Waals surface area contributed by atoms with E-state index in [1.54, 1.807) is 6.26 Å². The highest BCUT2D eigenvalue weighted by molar-refractivity contribution is 5.93. The average Bonchev–Trinajstić information content (AvgIpc) is 4.10. The molecule has 13 rings (SSSR count). The van der Waals surface area contributed by atoms with Crippen molar-refractivity contribution in [2.75, 3.05) is 4.90 Å². The largest absolute Gasteiger partial charge is 0.464 e. The lowest BCUT2D eigenvalue weighted by molar-refractivity contribution is 0.616. The lowest BCUT2D eigenvalue weighted by Crippen LogP contribution is -2.29. The molecule has 10 aromatic carbocycles. The molecule has 0 unspecified atom stereocenters. The van der Waals surface area contributed by atoms with Crippen LogP contribution in [0.3, 0.4) is 0 Å². The van der Waals surface area contributed by atoms with E-state index in [4.69, 9.17) is 4.42 Å². The molecule has 0 bridgehead atoms. The summed E-state index contributed by atoms with van der Waals surface area (Å²) >= 11 is 0. The van der Waals surface area contributed by atoms with E-state index in [0.717, 1.165) is 72.4 Å². The first kappa shape index (κ1) is 34.0. The number of furan rings is 1. The zero-order valence-corrected chi connectivity index (χ0v) is 35.9. The molecule has 2 aliphatic rings. The van der Waals surface area contributed by atoms with E-state index in [-0.39, 0.29) is 35.4 Å². The Morgan fingerprint density at radius 2 is 0.864 bits per heavy atom. The van der Waals surface area contributed by atoms with E-state index < -0.39 is 10.8 Å². The maximum atomic E-state index is 10.2. The minimum absolute atomic E-state index is 0.0260. The van der Waals surface area contributed by atoms with Gasteiger partial charge in [-0.25, -0.2) is 0 Å². The first-order valence-corrected chi connectivity index (χ1v) is 22.5. The Labute approximate surface area is 391 Å². The minimum atomic E-state index is -0.721. The molecular weight excluding hydrogens is 799 g/mol. The van der Waals surface area contributed by atoms with Crippen LogP contribution in [0, 0.1) is 0 Å². The fourth-order valence-corrected chi connectivity index (χ4v) is 11.3. The fourth-order valence-electron chi connectivity index (χ4n) is 11.3. The second-order valence-corrected chi connectivity index (χ2v) is 17.2. The van der Waals surface area contributed by atoms with Crippen LogP contribution in [0.2, 0.25) is 0 Å². The summed E-state index contributed by atoms with van der Waals surface area (Å²) in [4.78, 5) is 2.00. The standard InChI is InChI=1S/C64H43NO/c1-5-19-47(20-6-1)63(48-21-7-2-8-22-48)59-31-16-14-29-55(59)57-42-52(35-37-60(57)63)65(51-27-17-18-45(40-51)46-33-32-44-38-39-66-62(44)41-46)53-34-36-56-54-28-13-15-30-58(54)64(61(56)43-53,49-23-9-3-10-24-49)50-25-11-4-12-26-50/h1-43H/i17D,18D,27D,40D. The molecule has 1 heterocycles. The zero-order valence-electron chi connectivity index (χ0n) is 39.9. The van der Waals surface area contributed by atoms with E-state index in [2.05, 4.69) is 206 Å². The molecule has 2 aliphatic carbocycles. The van der Waals surface area contributed by atoms with Crippen LogP contribution >= 0.6 is 0 Å². The molecule has 0 spiro atoms. The summed E-state index contributed by atoms with van der Waals surface area (Å²) < 4.78 is 44.7. The van der Waals surface area contributed by atoms with Crippen LogP contribution in [0.1, 0.15) is 50.0 Å². The molecule has 0 atom stereocenters. The van der Waals surface area contributed by atoms with Crippen LogP contribution in [0.25, 0.3) is 44.3 Å². The van der Waals surface area contributed by atoms with Gasteiger partial charge in [0, 0.05) is 22.4 Å². The smallest absolute Gasteiger partial charge is 0.134 e. The molecule has 66 heavy (non-hydrogen) atoms. The summed E-state index contributed by atoms with van der Waals surface area (Å²) in [6.45, 7) is 0. The molecule has 1 aromatic heterocycles. The topological polar surface area (TPSA) is 16.4 Å². The van der Waals surface area contributed by atoms with Crippen molar-refractivity contribution in [1.29, 1.82) is 0 Å². The molecular formula is C64H43NO. The summed E-state index contributed by atoms with van der Waals surface area (Å²) in [6.07, 6.45) is 1.63. The lowest BCUT2D eigenvalue weighted by atomic mass is 9.67. The van der Waals surface area contributed by atoms with Gasteiger partial charge in [0.05, 0.1) is 22.6 Å². The molecule has 0 fully saturated rings. The maximum Gasteiger partial charge on any atom is 0.134 e. The number of fused-ring (bicyclic) bond motifs is 7. The van der Waals surface area contributed by atoms with Crippen molar-refractivity contribution in [3.05, 3.63) is 305 Å². The van der Waals surface area contributed by atoms with Crippen LogP contribution < -0.4 is 4.90 Å². The normalized spacial score (nSPS) is 14.5. The second-order valence-electron chi connectivity index (χ2n) is 17.2. The highest BCUT2D eigenvalue weighted by Crippen LogP contribution is 2.59. The quantitative estimate of drug-likeness (QED) is 0.151. The summed E-state index contributed by atoms with van der Waals surface area (Å²) in [5.41, 5.74) is 15.2. The average molecular weight is 846 g/mol. The highest BCUT2D eigenvalue weighted by Gasteiger charge is 2.48. The molecule has 2 heteroatoms. The summed E-state index contributed by atoms with van der Waals surface area (Å²) in [5, 5.41) is 0.895. The number of benzene rings is 10. The highest BCUT2D eigenvalue weighted by atomic mass is 16.3. The molecule has 11 aromatic rings. The third kappa shape index (κ3) is 5.55. The van der Waals surface area contributed by atoms with Gasteiger partial charge in [0.1, 0.15) is 5.58 Å². The lowest BCUT2D eigenvalue weighted by Gasteiger charge is -2.35. The summed E-state index contributed by atoms with van der Waals surface area (Å²) in [6, 6.07) is 79.9. The second kappa shape index (κ2) is 15.1. The van der Waals surface area contributed by atoms with Gasteiger partial charge in [0.25, 0.3) is 0 Å². The van der Waals surface area contributed by atoms with Gasteiger partial charge in [0.15, 0.2) is 0 Å². The van der Waals surface area contributed by atoms with E-state index >= 15 is 0 Å². The van der Waals surface area contributed by atoms with Gasteiger partial charge in [0.2, 0.25) is 0 Å². The van der Waals surface area contributed by atoms with E-state index in [0.29, 0.717) is 11.1 Å². The van der Waals surface area contributed by atoms with Crippen LogP contribution in [0.4, 0.5) is 17.1 Å². The molecule has 0 aliphatic heterocycles. The van der Waals surface area contributed by atoms with Crippen LogP contribution in [0.15, 0.2) is 265 Å². The van der Waals surface area contributed by atoms with Crippen molar-refractivity contribution < 1.29 is 9.90 Å². The van der Waals surface area contributed by atoms with Crippen molar-refractivity contribution >= 4 is 28.0 Å². The van der Waals surface area contributed by atoms with Crippen molar-refractivity contribution in [2.24, 2.45) is 0 Å². The molecule has 0 saturated carbocycles. The number of anilines is 3. The van der Waals surface area contributed by atoms with Crippen molar-refractivity contribution in [3.63, 3.8) is 0 Å². The Morgan fingerprint density at radius 1 is 0.364 bits per heavy atom. The summed E-state index contributed by atoms with van der Waals surface area (Å²) in [5.74, 6) is 0. The predicted molar refractivity (Wildman–Crippen MR) is 271 cm³/mol. The van der Waals surface area contributed by atoms with Crippen molar-refractivity contribution in [2.45, 2.75) is 10.8 Å². The molecule has 0 N–H and O–H groups in total. The Bertz CT molecular complexity index is 3750. The number of rotatable bonds is 8. The van der Waals surface area contributed by atoms with Gasteiger partial charge in [-0.1, -0.05) is 206 Å². The first-order valence-electron chi connectivity index (χ1n) is 24.5. The number of hydrogen-bond donors (Lipinski definition) is 0. The first-order chi connectivity index (χ1) is 34.4. The predicted octanol–water partition coefficient (Wildman–Crippen LogP) is 16.3. The van der Waals surface area contributed by atoms with Crippen molar-refractivity contribution in [3.8, 4) is 33.4 Å². The van der Waals surface area contributed by atoms with Crippen LogP contribution in [-0.2, 0) is 10.8 Å². The Morgan fingerprint density at radius 3 is 1.48 bits per heavy atom. The van der Waals surface area contributed by atoms with Gasteiger partial charge < -0.3 is 9.32 Å². The molecule has 0 amide bonds. The van der Waals surface area contributed by atoms with E-state index in [1.807, 2.05) is 29.2 Å². The Balaban J connectivity index is 1.12. The molecule has 0 saturated heterocycles. The van der Waals surface area contributed by atoms with Gasteiger partial charge in [-0.3, -0.25) is 0 Å².